The van der Waals surface area contributed by atoms with Crippen LogP contribution in [0.3, 0.4) is 0 Å². The molecule has 10 heteroatoms. The Hall–Kier alpha value is -2.88. The van der Waals surface area contributed by atoms with Gasteiger partial charge in [-0.1, -0.05) is 17.3 Å². The Balaban J connectivity index is 2.03. The van der Waals surface area contributed by atoms with E-state index in [9.17, 15) is 18.0 Å². The van der Waals surface area contributed by atoms with Crippen LogP contribution in [-0.2, 0) is 11.0 Å². The van der Waals surface area contributed by atoms with Gasteiger partial charge < -0.3 is 20.1 Å². The molecule has 28 heavy (non-hydrogen) atoms. The Labute approximate surface area is 164 Å². The summed E-state index contributed by atoms with van der Waals surface area (Å²) in [7, 11) is 1.67. The summed E-state index contributed by atoms with van der Waals surface area (Å²) >= 11 is 5.26. The Bertz CT molecular complexity index is 968. The molecule has 2 N–H and O–H groups in total. The van der Waals surface area contributed by atoms with Gasteiger partial charge in [-0.2, -0.15) is 13.2 Å². The maximum Gasteiger partial charge on any atom is 0.416 e. The van der Waals surface area contributed by atoms with E-state index in [1.165, 1.54) is 18.2 Å². The Morgan fingerprint density at radius 3 is 2.64 bits per heavy atom. The monoisotopic (exact) mass is 410 g/mol. The van der Waals surface area contributed by atoms with Gasteiger partial charge in [0.05, 0.1) is 17.2 Å². The van der Waals surface area contributed by atoms with Crippen LogP contribution in [0.5, 0.6) is 0 Å². The van der Waals surface area contributed by atoms with Gasteiger partial charge in [0.25, 0.3) is 5.91 Å². The molecule has 148 valence electrons. The highest BCUT2D eigenvalue weighted by Crippen LogP contribution is 2.35. The number of hydrogen-bond donors (Lipinski definition) is 2. The second-order valence-corrected chi connectivity index (χ2v) is 6.73. The highest BCUT2D eigenvalue weighted by atomic mass is 32.1. The fourth-order valence-corrected chi connectivity index (χ4v) is 3.14. The summed E-state index contributed by atoms with van der Waals surface area (Å²) in [5.74, 6) is 0.201. The van der Waals surface area contributed by atoms with E-state index < -0.39 is 23.7 Å². The number of nitrogens with zero attached hydrogens (tertiary/aromatic N) is 2. The van der Waals surface area contributed by atoms with Crippen LogP contribution >= 0.6 is 12.2 Å². The number of amides is 1. The van der Waals surface area contributed by atoms with Crippen LogP contribution in [-0.4, -0.2) is 28.1 Å². The first kappa shape index (κ1) is 19.9. The van der Waals surface area contributed by atoms with Crippen LogP contribution < -0.4 is 10.6 Å². The molecule has 0 spiro atoms. The molecule has 0 saturated heterocycles. The van der Waals surface area contributed by atoms with Crippen molar-refractivity contribution in [1.82, 2.24) is 15.4 Å². The maximum absolute atomic E-state index is 13.1. The molecular formula is C18H17F3N4O2S. The molecule has 0 unspecified atom stereocenters. The van der Waals surface area contributed by atoms with Crippen molar-refractivity contribution in [3.8, 4) is 0 Å². The van der Waals surface area contributed by atoms with Crippen LogP contribution in [0.2, 0.25) is 0 Å². The number of aromatic nitrogens is 1. The number of halogens is 3. The zero-order chi connectivity index (χ0) is 20.6. The number of carbonyl (C=O) groups is 1. The lowest BCUT2D eigenvalue weighted by Gasteiger charge is -2.35. The summed E-state index contributed by atoms with van der Waals surface area (Å²) in [5.41, 5.74) is 0.215. The highest BCUT2D eigenvalue weighted by molar-refractivity contribution is 7.80. The van der Waals surface area contributed by atoms with Crippen molar-refractivity contribution in [3.63, 3.8) is 0 Å². The van der Waals surface area contributed by atoms with E-state index in [1.807, 2.05) is 0 Å². The number of anilines is 1. The first-order chi connectivity index (χ1) is 13.1. The molecule has 1 aliphatic rings. The van der Waals surface area contributed by atoms with E-state index in [4.69, 9.17) is 16.7 Å². The zero-order valence-electron chi connectivity index (χ0n) is 15.2. The Morgan fingerprint density at radius 1 is 1.32 bits per heavy atom. The van der Waals surface area contributed by atoms with Gasteiger partial charge in [-0.05, 0) is 43.8 Å². The number of benzene rings is 1. The van der Waals surface area contributed by atoms with E-state index in [0.29, 0.717) is 16.6 Å². The summed E-state index contributed by atoms with van der Waals surface area (Å²) < 4.78 is 44.3. The van der Waals surface area contributed by atoms with E-state index in [1.54, 1.807) is 25.8 Å². The largest absolute Gasteiger partial charge is 0.416 e. The Morgan fingerprint density at radius 2 is 2.04 bits per heavy atom. The molecule has 3 rings (SSSR count). The summed E-state index contributed by atoms with van der Waals surface area (Å²) in [4.78, 5) is 14.5. The summed E-state index contributed by atoms with van der Waals surface area (Å²) in [6.45, 7) is 3.35. The number of allylic oxidation sites excluding steroid dienone is 1. The second-order valence-electron chi connectivity index (χ2n) is 6.34. The van der Waals surface area contributed by atoms with Gasteiger partial charge in [-0.15, -0.1) is 0 Å². The van der Waals surface area contributed by atoms with Gasteiger partial charge >= 0.3 is 6.18 Å². The minimum absolute atomic E-state index is 0.210. The first-order valence-electron chi connectivity index (χ1n) is 8.24. The number of rotatable bonds is 3. The third kappa shape index (κ3) is 3.86. The lowest BCUT2D eigenvalue weighted by atomic mass is 9.93. The van der Waals surface area contributed by atoms with Crippen molar-refractivity contribution in [1.29, 1.82) is 0 Å². The van der Waals surface area contributed by atoms with Crippen molar-refractivity contribution < 1.29 is 22.5 Å². The Kier molecular flexibility index (Phi) is 5.16. The molecule has 0 bridgehead atoms. The predicted octanol–water partition coefficient (Wildman–Crippen LogP) is 3.78. The van der Waals surface area contributed by atoms with Crippen molar-refractivity contribution in [2.45, 2.75) is 26.1 Å². The van der Waals surface area contributed by atoms with E-state index in [-0.39, 0.29) is 17.0 Å². The van der Waals surface area contributed by atoms with Crippen molar-refractivity contribution >= 4 is 29.1 Å². The molecule has 1 amide bonds. The molecule has 6 nitrogen and oxygen atoms in total. The van der Waals surface area contributed by atoms with E-state index >= 15 is 0 Å². The van der Waals surface area contributed by atoms with Gasteiger partial charge in [0.1, 0.15) is 5.76 Å². The molecule has 1 atom stereocenters. The summed E-state index contributed by atoms with van der Waals surface area (Å²) in [6, 6.07) is 5.49. The lowest BCUT2D eigenvalue weighted by molar-refractivity contribution is -0.137. The van der Waals surface area contributed by atoms with Gasteiger partial charge in [0.15, 0.2) is 10.9 Å². The molecule has 2 aromatic rings. The molecule has 0 radical (unpaired) electrons. The third-order valence-electron chi connectivity index (χ3n) is 4.42. The SMILES string of the molecule is CC1=C(C(=O)Nc2cc(C)on2)[C@H](c2cccc(C(F)(F)F)c2)NC(=S)N1C. The smallest absolute Gasteiger partial charge is 0.360 e. The van der Waals surface area contributed by atoms with Crippen LogP contribution in [0.4, 0.5) is 19.0 Å². The van der Waals surface area contributed by atoms with E-state index in [2.05, 4.69) is 15.8 Å². The fraction of sp³-hybridized carbons (Fsp3) is 0.278. The molecule has 0 fully saturated rings. The van der Waals surface area contributed by atoms with Crippen LogP contribution in [0.15, 0.2) is 46.1 Å². The van der Waals surface area contributed by atoms with Crippen LogP contribution in [0.25, 0.3) is 0 Å². The normalized spacial score (nSPS) is 17.6. The fourth-order valence-electron chi connectivity index (χ4n) is 2.88. The predicted molar refractivity (Wildman–Crippen MR) is 100 cm³/mol. The average molecular weight is 410 g/mol. The molecule has 1 aromatic carbocycles. The number of hydrogen-bond acceptors (Lipinski definition) is 4. The summed E-state index contributed by atoms with van der Waals surface area (Å²) in [6.07, 6.45) is -4.50. The lowest BCUT2D eigenvalue weighted by Crippen LogP contribution is -2.46. The minimum atomic E-state index is -4.50. The first-order valence-corrected chi connectivity index (χ1v) is 8.65. The number of thiocarbonyl (C=S) groups is 1. The van der Waals surface area contributed by atoms with Gasteiger partial charge in [0, 0.05) is 18.8 Å². The quantitative estimate of drug-likeness (QED) is 0.751. The molecule has 1 aromatic heterocycles. The number of alkyl halides is 3. The number of aryl methyl sites for hydroxylation is 1. The number of carbonyl (C=O) groups excluding carboxylic acids is 1. The highest BCUT2D eigenvalue weighted by Gasteiger charge is 2.35. The topological polar surface area (TPSA) is 70.4 Å². The molecule has 0 saturated carbocycles. The molecular weight excluding hydrogens is 393 g/mol. The molecule has 0 aliphatic carbocycles. The second kappa shape index (κ2) is 7.27. The zero-order valence-corrected chi connectivity index (χ0v) is 16.0. The van der Waals surface area contributed by atoms with Gasteiger partial charge in [-0.25, -0.2) is 0 Å². The van der Waals surface area contributed by atoms with Crippen molar-refractivity contribution in [3.05, 3.63) is 58.5 Å². The molecule has 1 aliphatic heterocycles. The molecule has 2 heterocycles. The van der Waals surface area contributed by atoms with Gasteiger partial charge in [0.2, 0.25) is 0 Å². The maximum atomic E-state index is 13.1. The van der Waals surface area contributed by atoms with Crippen LogP contribution in [0, 0.1) is 6.92 Å². The summed E-state index contributed by atoms with van der Waals surface area (Å²) in [5, 5.41) is 9.57. The van der Waals surface area contributed by atoms with Crippen molar-refractivity contribution in [2.75, 3.05) is 12.4 Å². The van der Waals surface area contributed by atoms with E-state index in [0.717, 1.165) is 12.1 Å². The van der Waals surface area contributed by atoms with Gasteiger partial charge in [-0.3, -0.25) is 4.79 Å². The van der Waals surface area contributed by atoms with Crippen molar-refractivity contribution in [2.24, 2.45) is 0 Å². The average Bonchev–Trinajstić information content (AvgIpc) is 3.03. The minimum Gasteiger partial charge on any atom is -0.360 e. The standard InChI is InChI=1S/C18H17F3N4O2S/c1-9-7-13(24-27-9)22-16(26)14-10(2)25(3)17(28)23-15(14)11-5-4-6-12(8-11)18(19,20)21/h4-8,15H,1-3H3,(H,23,28)(H,22,24,26)/t15-/m0/s1. The van der Waals surface area contributed by atoms with Crippen LogP contribution in [0.1, 0.15) is 29.9 Å². The number of nitrogens with one attached hydrogen (secondary N) is 2. The third-order valence-corrected chi connectivity index (χ3v) is 4.81.